The number of nitriles is 1. The summed E-state index contributed by atoms with van der Waals surface area (Å²) in [6.45, 7) is 2.49. The normalized spacial score (nSPS) is 15.5. The molecule has 7 heteroatoms. The Bertz CT molecular complexity index is 938. The molecule has 1 fully saturated rings. The monoisotopic (exact) mass is 348 g/mol. The van der Waals surface area contributed by atoms with Gasteiger partial charge in [-0.2, -0.15) is 5.26 Å². The van der Waals surface area contributed by atoms with Gasteiger partial charge in [0.2, 0.25) is 0 Å². The lowest BCUT2D eigenvalue weighted by molar-refractivity contribution is 0.196. The van der Waals surface area contributed by atoms with Crippen LogP contribution in [-0.2, 0) is 6.54 Å². The SMILES string of the molecule is CN(Cc1noc2ccccc12)C1CCN(c2nccnc2C#N)CC1. The van der Waals surface area contributed by atoms with Gasteiger partial charge in [-0.25, -0.2) is 9.97 Å². The van der Waals surface area contributed by atoms with Gasteiger partial charge in [-0.15, -0.1) is 0 Å². The van der Waals surface area contributed by atoms with Crippen molar-refractivity contribution in [1.82, 2.24) is 20.0 Å². The Morgan fingerprint density at radius 2 is 2.00 bits per heavy atom. The molecule has 0 aliphatic carbocycles. The smallest absolute Gasteiger partial charge is 0.183 e. The minimum atomic E-state index is 0.397. The summed E-state index contributed by atoms with van der Waals surface area (Å²) in [5.74, 6) is 0.693. The number of aromatic nitrogens is 3. The molecule has 1 aliphatic heterocycles. The third-order valence-corrected chi connectivity index (χ3v) is 5.02. The van der Waals surface area contributed by atoms with Gasteiger partial charge in [0.15, 0.2) is 17.1 Å². The number of piperidine rings is 1. The molecule has 3 aromatic rings. The predicted molar refractivity (Wildman–Crippen MR) is 97.5 cm³/mol. The zero-order valence-corrected chi connectivity index (χ0v) is 14.7. The lowest BCUT2D eigenvalue weighted by Crippen LogP contribution is -2.43. The predicted octanol–water partition coefficient (Wildman–Crippen LogP) is 2.59. The van der Waals surface area contributed by atoms with Crippen molar-refractivity contribution in [3.8, 4) is 6.07 Å². The van der Waals surface area contributed by atoms with Crippen LogP contribution in [0.25, 0.3) is 11.0 Å². The topological polar surface area (TPSA) is 82.1 Å². The summed E-state index contributed by atoms with van der Waals surface area (Å²) in [6.07, 6.45) is 5.22. The summed E-state index contributed by atoms with van der Waals surface area (Å²) < 4.78 is 5.41. The highest BCUT2D eigenvalue weighted by Crippen LogP contribution is 2.24. The fourth-order valence-corrected chi connectivity index (χ4v) is 3.58. The summed E-state index contributed by atoms with van der Waals surface area (Å²) in [7, 11) is 2.13. The van der Waals surface area contributed by atoms with Crippen molar-refractivity contribution < 1.29 is 4.52 Å². The summed E-state index contributed by atoms with van der Waals surface area (Å²) >= 11 is 0. The van der Waals surface area contributed by atoms with Crippen LogP contribution in [0.5, 0.6) is 0 Å². The second-order valence-corrected chi connectivity index (χ2v) is 6.60. The molecular weight excluding hydrogens is 328 g/mol. The lowest BCUT2D eigenvalue weighted by Gasteiger charge is -2.37. The van der Waals surface area contributed by atoms with E-state index in [1.807, 2.05) is 18.2 Å². The van der Waals surface area contributed by atoms with Crippen LogP contribution in [0.15, 0.2) is 41.2 Å². The van der Waals surface area contributed by atoms with Crippen LogP contribution in [0.2, 0.25) is 0 Å². The average molecular weight is 348 g/mol. The third kappa shape index (κ3) is 3.11. The van der Waals surface area contributed by atoms with Crippen LogP contribution in [-0.4, -0.2) is 46.2 Å². The average Bonchev–Trinajstić information content (AvgIpc) is 3.11. The highest BCUT2D eigenvalue weighted by molar-refractivity contribution is 5.79. The molecule has 0 N–H and O–H groups in total. The number of hydrogen-bond donors (Lipinski definition) is 0. The molecule has 1 aliphatic rings. The number of fused-ring (bicyclic) bond motifs is 1. The van der Waals surface area contributed by atoms with E-state index in [-0.39, 0.29) is 0 Å². The van der Waals surface area contributed by atoms with Gasteiger partial charge in [0.25, 0.3) is 0 Å². The van der Waals surface area contributed by atoms with Crippen molar-refractivity contribution in [3.63, 3.8) is 0 Å². The first kappa shape index (κ1) is 16.5. The molecule has 0 radical (unpaired) electrons. The van der Waals surface area contributed by atoms with Gasteiger partial charge in [-0.05, 0) is 32.0 Å². The fourth-order valence-electron chi connectivity index (χ4n) is 3.58. The molecule has 26 heavy (non-hydrogen) atoms. The van der Waals surface area contributed by atoms with Gasteiger partial charge in [0.05, 0.1) is 0 Å². The van der Waals surface area contributed by atoms with E-state index >= 15 is 0 Å². The molecule has 2 aromatic heterocycles. The largest absolute Gasteiger partial charge is 0.356 e. The zero-order chi connectivity index (χ0) is 17.9. The Hall–Kier alpha value is -2.98. The Labute approximate surface area is 151 Å². The van der Waals surface area contributed by atoms with Crippen LogP contribution in [0.1, 0.15) is 24.2 Å². The van der Waals surface area contributed by atoms with E-state index in [4.69, 9.17) is 4.52 Å². The van der Waals surface area contributed by atoms with E-state index in [0.717, 1.165) is 49.1 Å². The number of rotatable bonds is 4. The molecule has 3 heterocycles. The van der Waals surface area contributed by atoms with Crippen molar-refractivity contribution >= 4 is 16.8 Å². The van der Waals surface area contributed by atoms with Crippen LogP contribution >= 0.6 is 0 Å². The standard InChI is InChI=1S/C19H20N6O/c1-24(13-17-15-4-2-3-5-18(15)26-23-17)14-6-10-25(11-7-14)19-16(12-20)21-8-9-22-19/h2-5,8-9,14H,6-7,10-11,13H2,1H3. The van der Waals surface area contributed by atoms with Crippen LogP contribution in [0.4, 0.5) is 5.82 Å². The van der Waals surface area contributed by atoms with Crippen molar-refractivity contribution in [2.75, 3.05) is 25.0 Å². The molecule has 0 unspecified atom stereocenters. The van der Waals surface area contributed by atoms with Gasteiger partial charge in [-0.1, -0.05) is 17.3 Å². The maximum atomic E-state index is 9.22. The molecule has 1 saturated heterocycles. The molecule has 0 atom stereocenters. The first-order chi connectivity index (χ1) is 12.8. The first-order valence-corrected chi connectivity index (χ1v) is 8.76. The van der Waals surface area contributed by atoms with Gasteiger partial charge >= 0.3 is 0 Å². The number of nitrogens with zero attached hydrogens (tertiary/aromatic N) is 6. The van der Waals surface area contributed by atoms with E-state index in [9.17, 15) is 5.26 Å². The van der Waals surface area contributed by atoms with E-state index in [2.05, 4.69) is 44.1 Å². The van der Waals surface area contributed by atoms with Crippen LogP contribution in [0, 0.1) is 11.3 Å². The van der Waals surface area contributed by atoms with Gasteiger partial charge in [-0.3, -0.25) is 4.90 Å². The van der Waals surface area contributed by atoms with Crippen LogP contribution < -0.4 is 4.90 Å². The van der Waals surface area contributed by atoms with Gasteiger partial charge in [0, 0.05) is 43.5 Å². The minimum absolute atomic E-state index is 0.397. The Balaban J connectivity index is 1.41. The lowest BCUT2D eigenvalue weighted by atomic mass is 10.0. The van der Waals surface area contributed by atoms with Crippen molar-refractivity contribution in [3.05, 3.63) is 48.0 Å². The van der Waals surface area contributed by atoms with Crippen molar-refractivity contribution in [2.24, 2.45) is 0 Å². The van der Waals surface area contributed by atoms with Gasteiger partial charge < -0.3 is 9.42 Å². The first-order valence-electron chi connectivity index (χ1n) is 8.76. The maximum Gasteiger partial charge on any atom is 0.183 e. The summed E-state index contributed by atoms with van der Waals surface area (Å²) in [6, 6.07) is 10.6. The molecular formula is C19H20N6O. The van der Waals surface area contributed by atoms with E-state index in [1.165, 1.54) is 0 Å². The second-order valence-electron chi connectivity index (χ2n) is 6.60. The Kier molecular flexibility index (Phi) is 4.50. The quantitative estimate of drug-likeness (QED) is 0.716. The zero-order valence-electron chi connectivity index (χ0n) is 14.7. The molecule has 7 nitrogen and oxygen atoms in total. The van der Waals surface area contributed by atoms with E-state index < -0.39 is 0 Å². The molecule has 0 saturated carbocycles. The van der Waals surface area contributed by atoms with Crippen molar-refractivity contribution in [2.45, 2.75) is 25.4 Å². The number of para-hydroxylation sites is 1. The van der Waals surface area contributed by atoms with Crippen LogP contribution in [0.3, 0.4) is 0 Å². The molecule has 1 aromatic carbocycles. The van der Waals surface area contributed by atoms with Crippen molar-refractivity contribution in [1.29, 1.82) is 5.26 Å². The molecule has 4 rings (SSSR count). The fraction of sp³-hybridized carbons (Fsp3) is 0.368. The highest BCUT2D eigenvalue weighted by atomic mass is 16.5. The number of hydrogen-bond acceptors (Lipinski definition) is 7. The molecule has 0 amide bonds. The minimum Gasteiger partial charge on any atom is -0.356 e. The van der Waals surface area contributed by atoms with E-state index in [1.54, 1.807) is 12.4 Å². The van der Waals surface area contributed by atoms with Gasteiger partial charge in [0.1, 0.15) is 11.8 Å². The third-order valence-electron chi connectivity index (χ3n) is 5.02. The molecule has 0 spiro atoms. The van der Waals surface area contributed by atoms with E-state index in [0.29, 0.717) is 17.6 Å². The summed E-state index contributed by atoms with van der Waals surface area (Å²) in [5.41, 5.74) is 2.21. The number of anilines is 1. The maximum absolute atomic E-state index is 9.22. The number of benzene rings is 1. The summed E-state index contributed by atoms with van der Waals surface area (Å²) in [4.78, 5) is 12.9. The Morgan fingerprint density at radius 1 is 1.23 bits per heavy atom. The summed E-state index contributed by atoms with van der Waals surface area (Å²) in [5, 5.41) is 14.5. The molecule has 0 bridgehead atoms. The Morgan fingerprint density at radius 3 is 2.81 bits per heavy atom. The highest BCUT2D eigenvalue weighted by Gasteiger charge is 2.25. The molecule has 132 valence electrons. The second kappa shape index (κ2) is 7.10.